The summed E-state index contributed by atoms with van der Waals surface area (Å²) in [5, 5.41) is 10.6. The Bertz CT molecular complexity index is 1350. The molecule has 9 atom stereocenters. The number of carbonyl (C=O) groups excluding carboxylic acids is 4. The number of aliphatic hydroxyl groups is 1. The summed E-state index contributed by atoms with van der Waals surface area (Å²) in [4.78, 5) is 61.6. The Labute approximate surface area is 266 Å². The van der Waals surface area contributed by atoms with Gasteiger partial charge in [0.1, 0.15) is 23.7 Å². The average Bonchev–Trinajstić information content (AvgIpc) is 3.41. The highest BCUT2D eigenvalue weighted by Gasteiger charge is 2.72. The second kappa shape index (κ2) is 13.1. The minimum Gasteiger partial charge on any atom is -0.455 e. The molecule has 4 heterocycles. The van der Waals surface area contributed by atoms with E-state index >= 15 is 0 Å². The molecule has 2 fully saturated rings. The molecule has 0 radical (unpaired) electrons. The Hall–Kier alpha value is -3.50. The first-order valence-electron chi connectivity index (χ1n) is 16.2. The summed E-state index contributed by atoms with van der Waals surface area (Å²) in [6.07, 6.45) is 6.89. The first-order chi connectivity index (χ1) is 21.5. The van der Waals surface area contributed by atoms with Gasteiger partial charge in [-0.15, -0.1) is 0 Å². The van der Waals surface area contributed by atoms with Crippen molar-refractivity contribution >= 4 is 23.7 Å². The van der Waals surface area contributed by atoms with Gasteiger partial charge in [0.15, 0.2) is 0 Å². The maximum atomic E-state index is 14.7. The van der Waals surface area contributed by atoms with Crippen molar-refractivity contribution in [1.29, 1.82) is 0 Å². The van der Waals surface area contributed by atoms with Crippen LogP contribution in [-0.4, -0.2) is 99.6 Å². The summed E-state index contributed by atoms with van der Waals surface area (Å²) < 4.78 is 13.1. The molecule has 0 bridgehead atoms. The summed E-state index contributed by atoms with van der Waals surface area (Å²) >= 11 is 0. The standard InChI is InChI=1S/C35H47N3O7/c1-7-22(4)25(20-39)38-31-33(42)37(21(2)3)19-13-18-35(31)29(32(38)41)28-26(45-35)16-11-12-17-27(40)36(6)23(5)30(44-34(28)43)24-14-9-8-10-15-24/h8-11,13-16,18,21-23,25-26,28-31,39H,7,12,17,19-20H2,1-6H3/b16-11-/t22-,23-,25-,26-,28+,29+,30+,31-,35+/m0/s1. The number of likely N-dealkylation sites (tertiary alicyclic amines) is 1. The van der Waals surface area contributed by atoms with Gasteiger partial charge in [0.05, 0.1) is 30.7 Å². The fraction of sp³-hybridized carbons (Fsp3) is 0.600. The number of rotatable bonds is 6. The maximum absolute atomic E-state index is 14.7. The number of aliphatic hydroxyl groups excluding tert-OH is 1. The summed E-state index contributed by atoms with van der Waals surface area (Å²) in [5.74, 6) is -3.60. The fourth-order valence-corrected chi connectivity index (χ4v) is 7.48. The van der Waals surface area contributed by atoms with E-state index in [2.05, 4.69) is 0 Å². The monoisotopic (exact) mass is 621 g/mol. The SMILES string of the molecule is CC[C@H](C)[C@H](CO)N1C(=O)[C@H]2[C@@H]3C(=O)O[C@@H](c4ccccc4)[C@H](C)N(C)C(=O)CC/C=C\[C@@H]3O[C@]23C=CCN(C(C)C)C(=O)[C@H]13. The molecule has 0 aliphatic carbocycles. The molecule has 0 aromatic heterocycles. The number of nitrogens with zero attached hydrogens (tertiary/aromatic N) is 3. The van der Waals surface area contributed by atoms with Crippen molar-refractivity contribution in [2.45, 2.75) is 95.9 Å². The molecule has 1 aromatic carbocycles. The van der Waals surface area contributed by atoms with Crippen LogP contribution in [0.4, 0.5) is 0 Å². The summed E-state index contributed by atoms with van der Waals surface area (Å²) in [6, 6.07) is 6.93. The molecule has 10 heteroatoms. The highest BCUT2D eigenvalue weighted by molar-refractivity contribution is 5.99. The molecule has 5 rings (SSSR count). The Morgan fingerprint density at radius 1 is 1.04 bits per heavy atom. The number of amides is 3. The molecule has 10 nitrogen and oxygen atoms in total. The second-order valence-electron chi connectivity index (χ2n) is 13.2. The van der Waals surface area contributed by atoms with Gasteiger partial charge in [0, 0.05) is 26.1 Å². The number of fused-ring (bicyclic) bond motifs is 2. The third-order valence-electron chi connectivity index (χ3n) is 10.4. The first kappa shape index (κ1) is 32.9. The predicted molar refractivity (Wildman–Crippen MR) is 167 cm³/mol. The minimum absolute atomic E-state index is 0.0823. The van der Waals surface area contributed by atoms with Gasteiger partial charge in [-0.05, 0) is 38.7 Å². The van der Waals surface area contributed by atoms with Gasteiger partial charge in [0.25, 0.3) is 0 Å². The molecule has 2 saturated heterocycles. The average molecular weight is 622 g/mol. The van der Waals surface area contributed by atoms with E-state index in [0.29, 0.717) is 19.4 Å². The van der Waals surface area contributed by atoms with Crippen LogP contribution in [0.15, 0.2) is 54.6 Å². The first-order valence-corrected chi connectivity index (χ1v) is 16.2. The molecule has 1 N–H and O–H groups in total. The molecule has 0 unspecified atom stereocenters. The molecule has 1 spiro atoms. The largest absolute Gasteiger partial charge is 0.455 e. The lowest BCUT2D eigenvalue weighted by molar-refractivity contribution is -0.165. The van der Waals surface area contributed by atoms with Crippen LogP contribution in [-0.2, 0) is 28.7 Å². The molecule has 1 aromatic rings. The van der Waals surface area contributed by atoms with E-state index in [-0.39, 0.29) is 36.8 Å². The summed E-state index contributed by atoms with van der Waals surface area (Å²) in [7, 11) is 1.71. The van der Waals surface area contributed by atoms with E-state index in [1.54, 1.807) is 29.0 Å². The van der Waals surface area contributed by atoms with Gasteiger partial charge >= 0.3 is 5.97 Å². The summed E-state index contributed by atoms with van der Waals surface area (Å²) in [5.41, 5.74) is -0.722. The van der Waals surface area contributed by atoms with Crippen molar-refractivity contribution in [1.82, 2.24) is 14.7 Å². The van der Waals surface area contributed by atoms with E-state index in [9.17, 15) is 24.3 Å². The number of likely N-dealkylation sites (N-methyl/N-ethyl adjacent to an activating group) is 1. The quantitative estimate of drug-likeness (QED) is 0.383. The maximum Gasteiger partial charge on any atom is 0.313 e. The van der Waals surface area contributed by atoms with Crippen molar-refractivity contribution in [3.63, 3.8) is 0 Å². The van der Waals surface area contributed by atoms with Crippen LogP contribution in [0, 0.1) is 17.8 Å². The highest BCUT2D eigenvalue weighted by Crippen LogP contribution is 2.54. The normalized spacial score (nSPS) is 34.4. The van der Waals surface area contributed by atoms with Gasteiger partial charge in [-0.25, -0.2) is 0 Å². The Morgan fingerprint density at radius 2 is 1.76 bits per heavy atom. The number of carbonyl (C=O) groups is 4. The lowest BCUT2D eigenvalue weighted by Crippen LogP contribution is -2.60. The number of esters is 1. The summed E-state index contributed by atoms with van der Waals surface area (Å²) in [6.45, 7) is 9.63. The molecular formula is C35H47N3O7. The van der Waals surface area contributed by atoms with Crippen LogP contribution < -0.4 is 0 Å². The number of hydrogen-bond donors (Lipinski definition) is 1. The third-order valence-corrected chi connectivity index (χ3v) is 10.4. The van der Waals surface area contributed by atoms with Gasteiger partial charge in [-0.3, -0.25) is 19.2 Å². The van der Waals surface area contributed by atoms with E-state index < -0.39 is 59.6 Å². The molecule has 3 amide bonds. The van der Waals surface area contributed by atoms with Gasteiger partial charge in [-0.2, -0.15) is 0 Å². The van der Waals surface area contributed by atoms with E-state index in [1.165, 1.54) is 4.90 Å². The van der Waals surface area contributed by atoms with Gasteiger partial charge < -0.3 is 29.3 Å². The number of hydrogen-bond acceptors (Lipinski definition) is 7. The van der Waals surface area contributed by atoms with E-state index in [0.717, 1.165) is 5.56 Å². The second-order valence-corrected chi connectivity index (χ2v) is 13.2. The van der Waals surface area contributed by atoms with Crippen LogP contribution in [0.5, 0.6) is 0 Å². The van der Waals surface area contributed by atoms with Crippen molar-refractivity contribution in [3.05, 3.63) is 60.2 Å². The zero-order valence-electron chi connectivity index (χ0n) is 27.2. The molecule has 45 heavy (non-hydrogen) atoms. The lowest BCUT2D eigenvalue weighted by Gasteiger charge is -2.41. The molecule has 244 valence electrons. The lowest BCUT2D eigenvalue weighted by atomic mass is 9.77. The Balaban J connectivity index is 1.65. The van der Waals surface area contributed by atoms with E-state index in [4.69, 9.17) is 9.47 Å². The molecule has 4 aliphatic rings. The molecule has 0 saturated carbocycles. The van der Waals surface area contributed by atoms with Crippen molar-refractivity contribution in [3.8, 4) is 0 Å². The van der Waals surface area contributed by atoms with Crippen LogP contribution in [0.3, 0.4) is 0 Å². The number of cyclic esters (lactones) is 1. The van der Waals surface area contributed by atoms with Crippen molar-refractivity contribution in [2.75, 3.05) is 20.2 Å². The highest BCUT2D eigenvalue weighted by atomic mass is 16.6. The molecular weight excluding hydrogens is 574 g/mol. The number of benzene rings is 1. The van der Waals surface area contributed by atoms with Gasteiger partial charge in [0.2, 0.25) is 17.7 Å². The zero-order chi connectivity index (χ0) is 32.6. The van der Waals surface area contributed by atoms with Crippen LogP contribution >= 0.6 is 0 Å². The Morgan fingerprint density at radius 3 is 2.40 bits per heavy atom. The Kier molecular flexibility index (Phi) is 9.56. The minimum atomic E-state index is -1.45. The van der Waals surface area contributed by atoms with Crippen molar-refractivity contribution < 1.29 is 33.8 Å². The van der Waals surface area contributed by atoms with Gasteiger partial charge in [-0.1, -0.05) is 74.9 Å². The topological polar surface area (TPSA) is 117 Å². The number of allylic oxidation sites excluding steroid dienone is 1. The molecule has 4 aliphatic heterocycles. The van der Waals surface area contributed by atoms with Crippen LogP contribution in [0.25, 0.3) is 0 Å². The van der Waals surface area contributed by atoms with Crippen LogP contribution in [0.1, 0.15) is 65.5 Å². The van der Waals surface area contributed by atoms with Crippen LogP contribution in [0.2, 0.25) is 0 Å². The number of ether oxygens (including phenoxy) is 2. The van der Waals surface area contributed by atoms with Crippen molar-refractivity contribution in [2.24, 2.45) is 17.8 Å². The zero-order valence-corrected chi connectivity index (χ0v) is 27.2. The predicted octanol–water partition coefficient (Wildman–Crippen LogP) is 3.26. The van der Waals surface area contributed by atoms with E-state index in [1.807, 2.05) is 77.1 Å². The fourth-order valence-electron chi connectivity index (χ4n) is 7.48. The third kappa shape index (κ3) is 5.60. The smallest absolute Gasteiger partial charge is 0.313 e.